The van der Waals surface area contributed by atoms with E-state index in [1.54, 1.807) is 23.1 Å². The third kappa shape index (κ3) is 4.59. The van der Waals surface area contributed by atoms with Crippen LogP contribution in [0.2, 0.25) is 10.0 Å². The Bertz CT molecular complexity index is 580. The van der Waals surface area contributed by atoms with Crippen LogP contribution in [0.15, 0.2) is 18.2 Å². The number of nitrogens with one attached hydrogen (secondary N) is 2. The summed E-state index contributed by atoms with van der Waals surface area (Å²) >= 11 is 12.0. The minimum atomic E-state index is -0.445. The number of rotatable bonds is 6. The summed E-state index contributed by atoms with van der Waals surface area (Å²) in [7, 11) is 0. The van der Waals surface area contributed by atoms with Crippen LogP contribution in [0, 0.1) is 0 Å². The van der Waals surface area contributed by atoms with Crippen molar-refractivity contribution in [1.82, 2.24) is 15.5 Å². The smallest absolute Gasteiger partial charge is 0.256 e. The van der Waals surface area contributed by atoms with Gasteiger partial charge in [0, 0.05) is 24.7 Å². The van der Waals surface area contributed by atoms with Gasteiger partial charge < -0.3 is 15.5 Å². The van der Waals surface area contributed by atoms with E-state index in [4.69, 9.17) is 23.2 Å². The van der Waals surface area contributed by atoms with Gasteiger partial charge in [-0.3, -0.25) is 9.59 Å². The molecule has 1 fully saturated rings. The fourth-order valence-corrected chi connectivity index (χ4v) is 3.04. The fraction of sp³-hybridized carbons (Fsp3) is 0.500. The van der Waals surface area contributed by atoms with E-state index in [-0.39, 0.29) is 11.8 Å². The molecule has 126 valence electrons. The summed E-state index contributed by atoms with van der Waals surface area (Å²) in [6.45, 7) is 4.67. The number of benzene rings is 1. The zero-order valence-electron chi connectivity index (χ0n) is 13.1. The Morgan fingerprint density at radius 2 is 2.09 bits per heavy atom. The summed E-state index contributed by atoms with van der Waals surface area (Å²) in [5.74, 6) is -0.367. The minimum absolute atomic E-state index is 0.119. The van der Waals surface area contributed by atoms with Gasteiger partial charge in [0.15, 0.2) is 0 Å². The van der Waals surface area contributed by atoms with Crippen LogP contribution >= 0.6 is 23.2 Å². The van der Waals surface area contributed by atoms with Gasteiger partial charge in [-0.25, -0.2) is 0 Å². The Hall–Kier alpha value is -1.30. The Balaban J connectivity index is 2.04. The van der Waals surface area contributed by atoms with Crippen molar-refractivity contribution >= 4 is 35.0 Å². The van der Waals surface area contributed by atoms with E-state index in [1.165, 1.54) is 0 Å². The predicted molar refractivity (Wildman–Crippen MR) is 92.1 cm³/mol. The third-order valence-electron chi connectivity index (χ3n) is 3.83. The molecule has 1 aliphatic heterocycles. The highest BCUT2D eigenvalue weighted by molar-refractivity contribution is 6.35. The number of likely N-dealkylation sites (N-methyl/N-ethyl adjacent to an activating group) is 1. The zero-order valence-corrected chi connectivity index (χ0v) is 14.6. The molecule has 2 N–H and O–H groups in total. The minimum Gasteiger partial charge on any atom is -0.353 e. The monoisotopic (exact) mass is 357 g/mol. The quantitative estimate of drug-likeness (QED) is 0.768. The first-order valence-electron chi connectivity index (χ1n) is 7.79. The number of carbonyl (C=O) groups is 2. The average molecular weight is 358 g/mol. The largest absolute Gasteiger partial charge is 0.353 e. The van der Waals surface area contributed by atoms with Gasteiger partial charge in [-0.2, -0.15) is 0 Å². The molecule has 5 nitrogen and oxygen atoms in total. The standard InChI is InChI=1S/C16H21Cl2N3O2/c1-2-19-7-8-20-15(22)14-4-3-9-21(14)16(23)12-10-11(17)5-6-13(12)18/h5-6,10,14,19H,2-4,7-9H2,1H3,(H,20,22). The van der Waals surface area contributed by atoms with Crippen LogP contribution in [0.1, 0.15) is 30.1 Å². The molecule has 1 unspecified atom stereocenters. The van der Waals surface area contributed by atoms with E-state index in [9.17, 15) is 9.59 Å². The van der Waals surface area contributed by atoms with Crippen LogP contribution in [-0.4, -0.2) is 48.9 Å². The van der Waals surface area contributed by atoms with Crippen molar-refractivity contribution < 1.29 is 9.59 Å². The molecule has 0 bridgehead atoms. The molecule has 1 aromatic rings. The molecule has 2 rings (SSSR count). The molecule has 1 atom stereocenters. The zero-order chi connectivity index (χ0) is 16.8. The lowest BCUT2D eigenvalue weighted by Gasteiger charge is -2.24. The SMILES string of the molecule is CCNCCNC(=O)C1CCCN1C(=O)c1cc(Cl)ccc1Cl. The Morgan fingerprint density at radius 1 is 1.30 bits per heavy atom. The summed E-state index contributed by atoms with van der Waals surface area (Å²) in [6, 6.07) is 4.33. The Kier molecular flexibility index (Phi) is 6.69. The molecular formula is C16H21Cl2N3O2. The van der Waals surface area contributed by atoms with Gasteiger partial charge in [0.2, 0.25) is 5.91 Å². The summed E-state index contributed by atoms with van der Waals surface area (Å²) in [5.41, 5.74) is 0.339. The van der Waals surface area contributed by atoms with Crippen LogP contribution in [0.25, 0.3) is 0 Å². The lowest BCUT2D eigenvalue weighted by atomic mass is 10.1. The number of hydrogen-bond donors (Lipinski definition) is 2. The molecule has 0 aromatic heterocycles. The van der Waals surface area contributed by atoms with Crippen molar-refractivity contribution in [3.63, 3.8) is 0 Å². The number of carbonyl (C=O) groups excluding carboxylic acids is 2. The summed E-state index contributed by atoms with van der Waals surface area (Å²) in [4.78, 5) is 26.6. The maximum Gasteiger partial charge on any atom is 0.256 e. The normalized spacial score (nSPS) is 17.3. The Morgan fingerprint density at radius 3 is 2.83 bits per heavy atom. The summed E-state index contributed by atoms with van der Waals surface area (Å²) < 4.78 is 0. The van der Waals surface area contributed by atoms with Crippen LogP contribution in [-0.2, 0) is 4.79 Å². The molecule has 1 aliphatic rings. The van der Waals surface area contributed by atoms with Gasteiger partial charge in [-0.1, -0.05) is 30.1 Å². The molecule has 0 aliphatic carbocycles. The molecule has 0 saturated carbocycles. The molecule has 1 heterocycles. The first-order chi connectivity index (χ1) is 11.0. The third-order valence-corrected chi connectivity index (χ3v) is 4.39. The second-order valence-corrected chi connectivity index (χ2v) is 6.27. The first kappa shape index (κ1) is 18.0. The van der Waals surface area contributed by atoms with Crippen molar-refractivity contribution in [3.05, 3.63) is 33.8 Å². The first-order valence-corrected chi connectivity index (χ1v) is 8.54. The summed E-state index contributed by atoms with van der Waals surface area (Å²) in [6.07, 6.45) is 1.46. The molecule has 1 aromatic carbocycles. The molecule has 0 spiro atoms. The number of halogens is 2. The van der Waals surface area contributed by atoms with Crippen LogP contribution < -0.4 is 10.6 Å². The van der Waals surface area contributed by atoms with Crippen molar-refractivity contribution in [1.29, 1.82) is 0 Å². The van der Waals surface area contributed by atoms with Gasteiger partial charge in [0.25, 0.3) is 5.91 Å². The van der Waals surface area contributed by atoms with Gasteiger partial charge in [-0.05, 0) is 37.6 Å². The number of amides is 2. The highest BCUT2D eigenvalue weighted by Crippen LogP contribution is 2.26. The van der Waals surface area contributed by atoms with E-state index in [0.717, 1.165) is 13.0 Å². The molecule has 1 saturated heterocycles. The van der Waals surface area contributed by atoms with E-state index < -0.39 is 6.04 Å². The number of likely N-dealkylation sites (tertiary alicyclic amines) is 1. The fourth-order valence-electron chi connectivity index (χ4n) is 2.67. The second-order valence-electron chi connectivity index (χ2n) is 5.43. The van der Waals surface area contributed by atoms with Crippen LogP contribution in [0.3, 0.4) is 0 Å². The lowest BCUT2D eigenvalue weighted by molar-refractivity contribution is -0.124. The maximum atomic E-state index is 12.7. The average Bonchev–Trinajstić information content (AvgIpc) is 3.02. The van der Waals surface area contributed by atoms with E-state index in [2.05, 4.69) is 10.6 Å². The van der Waals surface area contributed by atoms with Gasteiger partial charge >= 0.3 is 0 Å². The van der Waals surface area contributed by atoms with Crippen molar-refractivity contribution in [2.75, 3.05) is 26.2 Å². The van der Waals surface area contributed by atoms with Gasteiger partial charge in [0.05, 0.1) is 10.6 Å². The molecule has 7 heteroatoms. The Labute approximate surface area is 146 Å². The number of hydrogen-bond acceptors (Lipinski definition) is 3. The van der Waals surface area contributed by atoms with E-state index in [0.29, 0.717) is 41.7 Å². The molecule has 0 radical (unpaired) electrons. The number of nitrogens with zero attached hydrogens (tertiary/aromatic N) is 1. The van der Waals surface area contributed by atoms with Gasteiger partial charge in [-0.15, -0.1) is 0 Å². The van der Waals surface area contributed by atoms with Crippen LogP contribution in [0.4, 0.5) is 0 Å². The van der Waals surface area contributed by atoms with Crippen molar-refractivity contribution in [2.24, 2.45) is 0 Å². The molecular weight excluding hydrogens is 337 g/mol. The summed E-state index contributed by atoms with van der Waals surface area (Å²) in [5, 5.41) is 6.80. The lowest BCUT2D eigenvalue weighted by Crippen LogP contribution is -2.47. The van der Waals surface area contributed by atoms with Crippen molar-refractivity contribution in [3.8, 4) is 0 Å². The van der Waals surface area contributed by atoms with Crippen molar-refractivity contribution in [2.45, 2.75) is 25.8 Å². The maximum absolute atomic E-state index is 12.7. The predicted octanol–water partition coefficient (Wildman–Crippen LogP) is 2.32. The van der Waals surface area contributed by atoms with Crippen LogP contribution in [0.5, 0.6) is 0 Å². The second kappa shape index (κ2) is 8.52. The van der Waals surface area contributed by atoms with E-state index in [1.807, 2.05) is 6.92 Å². The van der Waals surface area contributed by atoms with Gasteiger partial charge in [0.1, 0.15) is 6.04 Å². The van der Waals surface area contributed by atoms with E-state index >= 15 is 0 Å². The molecule has 2 amide bonds. The highest BCUT2D eigenvalue weighted by Gasteiger charge is 2.35. The molecule has 23 heavy (non-hydrogen) atoms. The topological polar surface area (TPSA) is 61.4 Å². The highest BCUT2D eigenvalue weighted by atomic mass is 35.5.